The zero-order valence-electron chi connectivity index (χ0n) is 13.2. The van der Waals surface area contributed by atoms with Crippen molar-refractivity contribution in [2.24, 2.45) is 0 Å². The zero-order chi connectivity index (χ0) is 17.8. The first kappa shape index (κ1) is 16.6. The third kappa shape index (κ3) is 3.50. The van der Waals surface area contributed by atoms with E-state index in [1.807, 2.05) is 12.1 Å². The topological polar surface area (TPSA) is 60.5 Å². The van der Waals surface area contributed by atoms with Crippen molar-refractivity contribution in [1.29, 1.82) is 0 Å². The number of pyridine rings is 1. The second kappa shape index (κ2) is 7.12. The number of alkyl halides is 2. The van der Waals surface area contributed by atoms with Gasteiger partial charge in [-0.1, -0.05) is 24.3 Å². The van der Waals surface area contributed by atoms with Gasteiger partial charge in [-0.15, -0.1) is 0 Å². The van der Waals surface area contributed by atoms with Crippen LogP contribution in [-0.4, -0.2) is 24.6 Å². The molecule has 0 spiro atoms. The number of rotatable bonds is 5. The van der Waals surface area contributed by atoms with Gasteiger partial charge >= 0.3 is 6.61 Å². The minimum atomic E-state index is -3.08. The lowest BCUT2D eigenvalue weighted by Crippen LogP contribution is -2.16. The fourth-order valence-electron chi connectivity index (χ4n) is 2.46. The first-order valence-corrected chi connectivity index (χ1v) is 7.37. The molecule has 7 heteroatoms. The molecule has 0 bridgehead atoms. The highest BCUT2D eigenvalue weighted by Gasteiger charge is 2.21. The normalized spacial score (nSPS) is 10.7. The third-order valence-corrected chi connectivity index (χ3v) is 3.53. The second-order valence-corrected chi connectivity index (χ2v) is 5.05. The molecular weight excluding hydrogens is 330 g/mol. The minimum absolute atomic E-state index is 0.0454. The summed E-state index contributed by atoms with van der Waals surface area (Å²) in [5.74, 6) is -0.873. The molecule has 0 saturated heterocycles. The summed E-state index contributed by atoms with van der Waals surface area (Å²) in [4.78, 5) is 16.9. The van der Waals surface area contributed by atoms with E-state index >= 15 is 0 Å². The van der Waals surface area contributed by atoms with Crippen molar-refractivity contribution in [3.05, 3.63) is 60.3 Å². The lowest BCUT2D eigenvalue weighted by molar-refractivity contribution is -0.0515. The fraction of sp³-hybridized carbons (Fsp3) is 0.111. The van der Waals surface area contributed by atoms with Gasteiger partial charge in [-0.2, -0.15) is 8.78 Å². The number of carbonyl (C=O) groups excluding carboxylic acids is 1. The number of methoxy groups -OCH3 is 1. The molecule has 1 aromatic heterocycles. The fourth-order valence-corrected chi connectivity index (χ4v) is 2.46. The van der Waals surface area contributed by atoms with E-state index in [0.29, 0.717) is 11.2 Å². The van der Waals surface area contributed by atoms with Crippen LogP contribution in [0.5, 0.6) is 11.5 Å². The van der Waals surface area contributed by atoms with E-state index in [-0.39, 0.29) is 17.1 Å². The van der Waals surface area contributed by atoms with Gasteiger partial charge in [-0.05, 0) is 24.3 Å². The highest BCUT2D eigenvalue weighted by Crippen LogP contribution is 2.33. The largest absolute Gasteiger partial charge is 0.493 e. The van der Waals surface area contributed by atoms with Gasteiger partial charge in [0.05, 0.1) is 23.9 Å². The van der Waals surface area contributed by atoms with Crippen molar-refractivity contribution >= 4 is 22.5 Å². The van der Waals surface area contributed by atoms with Crippen molar-refractivity contribution in [1.82, 2.24) is 4.98 Å². The number of amides is 1. The molecule has 25 heavy (non-hydrogen) atoms. The van der Waals surface area contributed by atoms with Crippen LogP contribution in [0.4, 0.5) is 14.5 Å². The molecule has 1 amide bonds. The summed E-state index contributed by atoms with van der Waals surface area (Å²) in [6.45, 7) is -3.08. The number of para-hydroxylation sites is 2. The Kier molecular flexibility index (Phi) is 4.74. The van der Waals surface area contributed by atoms with Gasteiger partial charge in [0.15, 0.2) is 11.5 Å². The average Bonchev–Trinajstić information content (AvgIpc) is 2.61. The SMILES string of the molecule is COc1cccc(C(=O)Nc2cccc3cccnc23)c1OC(F)F. The zero-order valence-corrected chi connectivity index (χ0v) is 13.2. The second-order valence-electron chi connectivity index (χ2n) is 5.05. The summed E-state index contributed by atoms with van der Waals surface area (Å²) in [7, 11) is 1.31. The summed E-state index contributed by atoms with van der Waals surface area (Å²) in [6, 6.07) is 13.3. The van der Waals surface area contributed by atoms with E-state index in [0.717, 1.165) is 5.39 Å². The van der Waals surface area contributed by atoms with E-state index in [2.05, 4.69) is 15.0 Å². The highest BCUT2D eigenvalue weighted by molar-refractivity contribution is 6.10. The van der Waals surface area contributed by atoms with E-state index in [4.69, 9.17) is 4.74 Å². The summed E-state index contributed by atoms with van der Waals surface area (Å²) in [5, 5.41) is 3.53. The molecule has 0 radical (unpaired) electrons. The Bertz CT molecular complexity index is 910. The summed E-state index contributed by atoms with van der Waals surface area (Å²) < 4.78 is 34.9. The Morgan fingerprint density at radius 1 is 1.12 bits per heavy atom. The molecule has 128 valence electrons. The van der Waals surface area contributed by atoms with E-state index < -0.39 is 12.5 Å². The van der Waals surface area contributed by atoms with E-state index in [1.165, 1.54) is 25.3 Å². The summed E-state index contributed by atoms with van der Waals surface area (Å²) in [5.41, 5.74) is 0.999. The lowest BCUT2D eigenvalue weighted by Gasteiger charge is -2.14. The monoisotopic (exact) mass is 344 g/mol. The molecule has 0 fully saturated rings. The number of anilines is 1. The molecule has 0 atom stereocenters. The van der Waals surface area contributed by atoms with Crippen molar-refractivity contribution in [2.45, 2.75) is 6.61 Å². The maximum absolute atomic E-state index is 12.7. The number of nitrogens with zero attached hydrogens (tertiary/aromatic N) is 1. The standard InChI is InChI=1S/C18H14F2N2O3/c1-24-14-9-3-7-12(16(14)25-18(19)20)17(23)22-13-8-2-5-11-6-4-10-21-15(11)13/h2-10,18H,1H3,(H,22,23). The number of halogens is 2. The van der Waals surface area contributed by atoms with Gasteiger partial charge in [0, 0.05) is 11.6 Å². The van der Waals surface area contributed by atoms with Crippen molar-refractivity contribution < 1.29 is 23.0 Å². The number of benzene rings is 2. The van der Waals surface area contributed by atoms with Crippen LogP contribution in [0.15, 0.2) is 54.7 Å². The van der Waals surface area contributed by atoms with Gasteiger partial charge < -0.3 is 14.8 Å². The van der Waals surface area contributed by atoms with Crippen LogP contribution >= 0.6 is 0 Å². The molecule has 3 aromatic rings. The van der Waals surface area contributed by atoms with E-state index in [9.17, 15) is 13.6 Å². The molecule has 0 aliphatic carbocycles. The molecule has 2 aromatic carbocycles. The molecular formula is C18H14F2N2O3. The Morgan fingerprint density at radius 3 is 2.64 bits per heavy atom. The number of hydrogen-bond acceptors (Lipinski definition) is 4. The van der Waals surface area contributed by atoms with E-state index in [1.54, 1.807) is 24.4 Å². The average molecular weight is 344 g/mol. The maximum atomic E-state index is 12.7. The smallest absolute Gasteiger partial charge is 0.387 e. The predicted molar refractivity (Wildman–Crippen MR) is 89.3 cm³/mol. The Hall–Kier alpha value is -3.22. The van der Waals surface area contributed by atoms with Crippen LogP contribution in [0.3, 0.4) is 0 Å². The van der Waals surface area contributed by atoms with Crippen LogP contribution in [-0.2, 0) is 0 Å². The number of carbonyl (C=O) groups is 1. The Balaban J connectivity index is 1.98. The highest BCUT2D eigenvalue weighted by atomic mass is 19.3. The van der Waals surface area contributed by atoms with Crippen molar-refractivity contribution in [2.75, 3.05) is 12.4 Å². The molecule has 0 unspecified atom stereocenters. The molecule has 5 nitrogen and oxygen atoms in total. The van der Waals surface area contributed by atoms with Gasteiger partial charge in [0.1, 0.15) is 0 Å². The van der Waals surface area contributed by atoms with Crippen LogP contribution in [0.1, 0.15) is 10.4 Å². The number of fused-ring (bicyclic) bond motifs is 1. The quantitative estimate of drug-likeness (QED) is 0.757. The molecule has 1 N–H and O–H groups in total. The van der Waals surface area contributed by atoms with Gasteiger partial charge in [0.2, 0.25) is 0 Å². The Morgan fingerprint density at radius 2 is 1.88 bits per heavy atom. The third-order valence-electron chi connectivity index (χ3n) is 3.53. The Labute approximate surface area is 142 Å². The number of aromatic nitrogens is 1. The van der Waals surface area contributed by atoms with Crippen LogP contribution in [0, 0.1) is 0 Å². The van der Waals surface area contributed by atoms with Crippen molar-refractivity contribution in [3.8, 4) is 11.5 Å². The maximum Gasteiger partial charge on any atom is 0.387 e. The first-order chi connectivity index (χ1) is 12.1. The minimum Gasteiger partial charge on any atom is -0.493 e. The number of ether oxygens (including phenoxy) is 2. The van der Waals surface area contributed by atoms with Crippen LogP contribution < -0.4 is 14.8 Å². The predicted octanol–water partition coefficient (Wildman–Crippen LogP) is 4.10. The number of nitrogens with one attached hydrogen (secondary N) is 1. The first-order valence-electron chi connectivity index (χ1n) is 7.37. The molecule has 3 rings (SSSR count). The molecule has 0 aliphatic heterocycles. The summed E-state index contributed by atoms with van der Waals surface area (Å²) in [6.07, 6.45) is 1.61. The number of hydrogen-bond donors (Lipinski definition) is 1. The lowest BCUT2D eigenvalue weighted by atomic mass is 10.1. The summed E-state index contributed by atoms with van der Waals surface area (Å²) >= 11 is 0. The van der Waals surface area contributed by atoms with Crippen molar-refractivity contribution in [3.63, 3.8) is 0 Å². The molecule has 0 aliphatic rings. The van der Waals surface area contributed by atoms with Gasteiger partial charge in [0.25, 0.3) is 5.91 Å². The van der Waals surface area contributed by atoms with Crippen LogP contribution in [0.2, 0.25) is 0 Å². The molecule has 0 saturated carbocycles. The molecule has 1 heterocycles. The van der Waals surface area contributed by atoms with Gasteiger partial charge in [-0.3, -0.25) is 9.78 Å². The van der Waals surface area contributed by atoms with Crippen LogP contribution in [0.25, 0.3) is 10.9 Å². The van der Waals surface area contributed by atoms with Gasteiger partial charge in [-0.25, -0.2) is 0 Å².